The lowest BCUT2D eigenvalue weighted by molar-refractivity contribution is 0.793. The lowest BCUT2D eigenvalue weighted by Crippen LogP contribution is -2.12. The van der Waals surface area contributed by atoms with E-state index in [9.17, 15) is 0 Å². The maximum absolute atomic E-state index is 6.39. The molecule has 0 aliphatic carbocycles. The van der Waals surface area contributed by atoms with Crippen molar-refractivity contribution < 1.29 is 0 Å². The summed E-state index contributed by atoms with van der Waals surface area (Å²) in [5.74, 6) is 0. The predicted molar refractivity (Wildman–Crippen MR) is 87.0 cm³/mol. The van der Waals surface area contributed by atoms with Gasteiger partial charge >= 0.3 is 0 Å². The van der Waals surface area contributed by atoms with Crippen LogP contribution in [0, 0.1) is 13.8 Å². The zero-order valence-corrected chi connectivity index (χ0v) is 12.8. The lowest BCUT2D eigenvalue weighted by Gasteiger charge is -2.15. The summed E-state index contributed by atoms with van der Waals surface area (Å²) < 4.78 is 0. The Morgan fingerprint density at radius 1 is 0.900 bits per heavy atom. The number of hydrogen-bond donors (Lipinski definition) is 1. The van der Waals surface area contributed by atoms with E-state index in [0.717, 1.165) is 6.42 Å². The van der Waals surface area contributed by atoms with Crippen molar-refractivity contribution in [2.24, 2.45) is 5.73 Å². The summed E-state index contributed by atoms with van der Waals surface area (Å²) in [7, 11) is 0. The second kappa shape index (κ2) is 6.71. The maximum atomic E-state index is 6.39. The van der Waals surface area contributed by atoms with E-state index in [1.54, 1.807) is 0 Å². The SMILES string of the molecule is CCCCc1ccc(C(N)c2ccc(C)c(C)c2)cc1. The van der Waals surface area contributed by atoms with Gasteiger partial charge in [0.1, 0.15) is 0 Å². The minimum atomic E-state index is -0.0328. The second-order valence-corrected chi connectivity index (χ2v) is 5.67. The fourth-order valence-electron chi connectivity index (χ4n) is 2.42. The van der Waals surface area contributed by atoms with Gasteiger partial charge in [-0.15, -0.1) is 0 Å². The van der Waals surface area contributed by atoms with Gasteiger partial charge in [-0.1, -0.05) is 55.8 Å². The molecule has 0 saturated heterocycles. The topological polar surface area (TPSA) is 26.0 Å². The molecule has 0 saturated carbocycles. The Labute approximate surface area is 122 Å². The van der Waals surface area contributed by atoms with Crippen LogP contribution in [0.15, 0.2) is 42.5 Å². The van der Waals surface area contributed by atoms with E-state index in [-0.39, 0.29) is 6.04 Å². The highest BCUT2D eigenvalue weighted by atomic mass is 14.6. The largest absolute Gasteiger partial charge is 0.320 e. The molecule has 1 nitrogen and oxygen atoms in total. The third kappa shape index (κ3) is 3.49. The number of rotatable bonds is 5. The molecule has 0 aliphatic heterocycles. The highest BCUT2D eigenvalue weighted by Gasteiger charge is 2.09. The fraction of sp³-hybridized carbons (Fsp3) is 0.368. The first-order chi connectivity index (χ1) is 9.61. The van der Waals surface area contributed by atoms with Crippen molar-refractivity contribution in [1.29, 1.82) is 0 Å². The van der Waals surface area contributed by atoms with E-state index < -0.39 is 0 Å². The highest BCUT2D eigenvalue weighted by molar-refractivity contribution is 5.37. The molecule has 1 heteroatoms. The fourth-order valence-corrected chi connectivity index (χ4v) is 2.42. The quantitative estimate of drug-likeness (QED) is 0.835. The van der Waals surface area contributed by atoms with Crippen molar-refractivity contribution in [2.45, 2.75) is 46.1 Å². The van der Waals surface area contributed by atoms with E-state index in [2.05, 4.69) is 63.2 Å². The summed E-state index contributed by atoms with van der Waals surface area (Å²) in [4.78, 5) is 0. The van der Waals surface area contributed by atoms with Crippen molar-refractivity contribution >= 4 is 0 Å². The van der Waals surface area contributed by atoms with Gasteiger partial charge in [0.15, 0.2) is 0 Å². The van der Waals surface area contributed by atoms with Gasteiger partial charge in [0.2, 0.25) is 0 Å². The molecule has 1 atom stereocenters. The van der Waals surface area contributed by atoms with Gasteiger partial charge in [0, 0.05) is 0 Å². The molecular weight excluding hydrogens is 242 g/mol. The number of benzene rings is 2. The molecule has 0 bridgehead atoms. The molecule has 20 heavy (non-hydrogen) atoms. The molecule has 0 amide bonds. The van der Waals surface area contributed by atoms with Crippen LogP contribution in [0.3, 0.4) is 0 Å². The summed E-state index contributed by atoms with van der Waals surface area (Å²) in [5, 5.41) is 0. The first-order valence-electron chi connectivity index (χ1n) is 7.53. The molecule has 0 fully saturated rings. The zero-order chi connectivity index (χ0) is 14.5. The smallest absolute Gasteiger partial charge is 0.0551 e. The Balaban J connectivity index is 2.15. The normalized spacial score (nSPS) is 12.4. The standard InChI is InChI=1S/C19H25N/c1-4-5-6-16-8-11-17(12-9-16)19(20)18-10-7-14(2)15(3)13-18/h7-13,19H,4-6,20H2,1-3H3. The van der Waals surface area contributed by atoms with E-state index in [4.69, 9.17) is 5.73 Å². The molecule has 1 unspecified atom stereocenters. The maximum Gasteiger partial charge on any atom is 0.0551 e. The molecule has 106 valence electrons. The van der Waals surface area contributed by atoms with E-state index in [1.807, 2.05) is 0 Å². The average molecular weight is 267 g/mol. The Kier molecular flexibility index (Phi) is 4.97. The molecule has 0 radical (unpaired) electrons. The van der Waals surface area contributed by atoms with Gasteiger partial charge in [-0.05, 0) is 54.5 Å². The van der Waals surface area contributed by atoms with Crippen molar-refractivity contribution in [1.82, 2.24) is 0 Å². The van der Waals surface area contributed by atoms with Gasteiger partial charge < -0.3 is 5.73 Å². The van der Waals surface area contributed by atoms with Gasteiger partial charge in [-0.2, -0.15) is 0 Å². The molecule has 2 rings (SSSR count). The zero-order valence-electron chi connectivity index (χ0n) is 12.8. The van der Waals surface area contributed by atoms with Crippen molar-refractivity contribution in [3.05, 3.63) is 70.3 Å². The van der Waals surface area contributed by atoms with Crippen molar-refractivity contribution in [3.63, 3.8) is 0 Å². The summed E-state index contributed by atoms with van der Waals surface area (Å²) in [6.07, 6.45) is 3.65. The summed E-state index contributed by atoms with van der Waals surface area (Å²) in [6, 6.07) is 15.2. The second-order valence-electron chi connectivity index (χ2n) is 5.67. The molecule has 2 aromatic rings. The first kappa shape index (κ1) is 14.8. The number of aryl methyl sites for hydroxylation is 3. The van der Waals surface area contributed by atoms with E-state index >= 15 is 0 Å². The van der Waals surface area contributed by atoms with Gasteiger partial charge in [-0.3, -0.25) is 0 Å². The first-order valence-corrected chi connectivity index (χ1v) is 7.53. The van der Waals surface area contributed by atoms with Crippen molar-refractivity contribution in [3.8, 4) is 0 Å². The monoisotopic (exact) mass is 267 g/mol. The highest BCUT2D eigenvalue weighted by Crippen LogP contribution is 2.22. The molecule has 0 aliphatic rings. The molecular formula is C19H25N. The van der Waals surface area contributed by atoms with Crippen LogP contribution in [0.4, 0.5) is 0 Å². The van der Waals surface area contributed by atoms with Crippen molar-refractivity contribution in [2.75, 3.05) is 0 Å². The molecule has 0 heterocycles. The molecule has 0 aromatic heterocycles. The number of unbranched alkanes of at least 4 members (excludes halogenated alkanes) is 1. The molecule has 2 aromatic carbocycles. The summed E-state index contributed by atoms with van der Waals surface area (Å²) in [5.41, 5.74) is 12.8. The lowest BCUT2D eigenvalue weighted by atomic mass is 9.95. The van der Waals surface area contributed by atoms with Crippen LogP contribution in [-0.4, -0.2) is 0 Å². The van der Waals surface area contributed by atoms with Gasteiger partial charge in [0.05, 0.1) is 6.04 Å². The van der Waals surface area contributed by atoms with Crippen LogP contribution in [0.5, 0.6) is 0 Å². The Morgan fingerprint density at radius 2 is 1.55 bits per heavy atom. The van der Waals surface area contributed by atoms with Gasteiger partial charge in [-0.25, -0.2) is 0 Å². The summed E-state index contributed by atoms with van der Waals surface area (Å²) >= 11 is 0. The Hall–Kier alpha value is -1.60. The van der Waals surface area contributed by atoms with Crippen LogP contribution >= 0.6 is 0 Å². The van der Waals surface area contributed by atoms with Crippen LogP contribution in [-0.2, 0) is 6.42 Å². The average Bonchev–Trinajstić information content (AvgIpc) is 2.48. The minimum absolute atomic E-state index is 0.0328. The number of nitrogens with two attached hydrogens (primary N) is 1. The van der Waals surface area contributed by atoms with Crippen LogP contribution in [0.25, 0.3) is 0 Å². The van der Waals surface area contributed by atoms with E-state index in [1.165, 1.54) is 40.7 Å². The Morgan fingerprint density at radius 3 is 2.15 bits per heavy atom. The van der Waals surface area contributed by atoms with E-state index in [0.29, 0.717) is 0 Å². The molecule has 0 spiro atoms. The van der Waals surface area contributed by atoms with Gasteiger partial charge in [0.25, 0.3) is 0 Å². The minimum Gasteiger partial charge on any atom is -0.320 e. The van der Waals surface area contributed by atoms with Crippen LogP contribution in [0.2, 0.25) is 0 Å². The van der Waals surface area contributed by atoms with Crippen LogP contribution < -0.4 is 5.73 Å². The third-order valence-electron chi connectivity index (χ3n) is 4.05. The predicted octanol–water partition coefficient (Wildman–Crippen LogP) is 4.69. The van der Waals surface area contributed by atoms with Crippen LogP contribution in [0.1, 0.15) is 53.6 Å². The summed E-state index contributed by atoms with van der Waals surface area (Å²) in [6.45, 7) is 6.50. The Bertz CT molecular complexity index is 554. The number of hydrogen-bond acceptors (Lipinski definition) is 1. The third-order valence-corrected chi connectivity index (χ3v) is 4.05. The molecule has 2 N–H and O–H groups in total.